The van der Waals surface area contributed by atoms with Crippen molar-refractivity contribution in [2.24, 2.45) is 0 Å². The van der Waals surface area contributed by atoms with Gasteiger partial charge >= 0.3 is 0 Å². The van der Waals surface area contributed by atoms with Crippen LogP contribution < -0.4 is 5.32 Å². The molecule has 8 heteroatoms. The molecule has 0 heterocycles. The van der Waals surface area contributed by atoms with Crippen molar-refractivity contribution in [2.45, 2.75) is 0 Å². The first-order valence-electron chi connectivity index (χ1n) is 5.59. The van der Waals surface area contributed by atoms with E-state index in [1.165, 1.54) is 18.2 Å². The average molecular weight is 437 g/mol. The van der Waals surface area contributed by atoms with Gasteiger partial charge in [0.2, 0.25) is 0 Å². The van der Waals surface area contributed by atoms with Crippen LogP contribution in [0.3, 0.4) is 0 Å². The van der Waals surface area contributed by atoms with Crippen LogP contribution in [0.2, 0.25) is 10.0 Å². The predicted molar refractivity (Wildman–Crippen MR) is 90.2 cm³/mol. The quantitative estimate of drug-likeness (QED) is 0.428. The smallest absolute Gasteiger partial charge is 0.288 e. The second-order valence-electron chi connectivity index (χ2n) is 3.97. The zero-order valence-electron chi connectivity index (χ0n) is 10.3. The molecule has 0 radical (unpaired) electrons. The molecular weight excluding hydrogens is 430 g/mol. The molecular formula is C13H7Cl2IN2O3. The van der Waals surface area contributed by atoms with Gasteiger partial charge in [-0.1, -0.05) is 29.3 Å². The number of hydrogen-bond donors (Lipinski definition) is 1. The van der Waals surface area contributed by atoms with E-state index >= 15 is 0 Å². The van der Waals surface area contributed by atoms with Gasteiger partial charge in [-0.3, -0.25) is 14.9 Å². The number of nitro benzene ring substituents is 1. The summed E-state index contributed by atoms with van der Waals surface area (Å²) in [7, 11) is 0. The molecule has 5 nitrogen and oxygen atoms in total. The number of carbonyl (C=O) groups is 1. The highest BCUT2D eigenvalue weighted by molar-refractivity contribution is 14.1. The largest absolute Gasteiger partial charge is 0.321 e. The van der Waals surface area contributed by atoms with E-state index in [0.717, 1.165) is 3.57 Å². The van der Waals surface area contributed by atoms with Gasteiger partial charge in [0.1, 0.15) is 5.02 Å². The van der Waals surface area contributed by atoms with Gasteiger partial charge in [-0.05, 0) is 46.9 Å². The summed E-state index contributed by atoms with van der Waals surface area (Å²) in [6.45, 7) is 0. The zero-order valence-corrected chi connectivity index (χ0v) is 13.9. The molecule has 0 aliphatic rings. The number of anilines is 1. The van der Waals surface area contributed by atoms with Gasteiger partial charge in [-0.15, -0.1) is 0 Å². The summed E-state index contributed by atoms with van der Waals surface area (Å²) in [6.07, 6.45) is 0. The first kappa shape index (κ1) is 16.0. The Bertz CT molecular complexity index is 737. The normalized spacial score (nSPS) is 10.2. The molecule has 0 unspecified atom stereocenters. The van der Waals surface area contributed by atoms with Crippen LogP contribution in [0.5, 0.6) is 0 Å². The van der Waals surface area contributed by atoms with E-state index in [1.54, 1.807) is 18.2 Å². The Morgan fingerprint density at radius 1 is 1.24 bits per heavy atom. The van der Waals surface area contributed by atoms with Gasteiger partial charge in [-0.2, -0.15) is 0 Å². The summed E-state index contributed by atoms with van der Waals surface area (Å²) in [6, 6.07) is 9.15. The van der Waals surface area contributed by atoms with Crippen LogP contribution in [0.1, 0.15) is 10.4 Å². The molecule has 21 heavy (non-hydrogen) atoms. The lowest BCUT2D eigenvalue weighted by Crippen LogP contribution is -2.13. The minimum Gasteiger partial charge on any atom is -0.321 e. The maximum absolute atomic E-state index is 12.2. The van der Waals surface area contributed by atoms with Gasteiger partial charge in [0.15, 0.2) is 0 Å². The molecule has 2 aromatic rings. The van der Waals surface area contributed by atoms with E-state index < -0.39 is 10.8 Å². The molecule has 0 aromatic heterocycles. The zero-order chi connectivity index (χ0) is 15.6. The van der Waals surface area contributed by atoms with Crippen molar-refractivity contribution in [3.63, 3.8) is 0 Å². The molecule has 0 saturated carbocycles. The number of benzene rings is 2. The third kappa shape index (κ3) is 3.63. The Labute approximate surface area is 143 Å². The fraction of sp³-hybridized carbons (Fsp3) is 0. The van der Waals surface area contributed by atoms with Gasteiger partial charge < -0.3 is 5.32 Å². The Kier molecular flexibility index (Phi) is 5.02. The lowest BCUT2D eigenvalue weighted by Gasteiger charge is -2.08. The standard InChI is InChI=1S/C13H7Cl2IN2O3/c14-9-6-7(16)4-5-10(9)17-13(19)8-2-1-3-11(12(8)15)18(20)21/h1-6H,(H,17,19). The molecule has 0 aliphatic carbocycles. The highest BCUT2D eigenvalue weighted by atomic mass is 127. The van der Waals surface area contributed by atoms with Crippen LogP contribution in [-0.2, 0) is 0 Å². The summed E-state index contributed by atoms with van der Waals surface area (Å²) in [5.74, 6) is -0.563. The molecule has 0 fully saturated rings. The first-order valence-corrected chi connectivity index (χ1v) is 7.43. The number of carbonyl (C=O) groups excluding carboxylic acids is 1. The lowest BCUT2D eigenvalue weighted by atomic mass is 10.2. The van der Waals surface area contributed by atoms with Crippen molar-refractivity contribution >= 4 is 63.1 Å². The third-order valence-corrected chi connectivity index (χ3v) is 3.98. The monoisotopic (exact) mass is 436 g/mol. The molecule has 0 atom stereocenters. The van der Waals surface area contributed by atoms with Crippen LogP contribution in [0, 0.1) is 13.7 Å². The van der Waals surface area contributed by atoms with Crippen molar-refractivity contribution in [2.75, 3.05) is 5.32 Å². The predicted octanol–water partition coefficient (Wildman–Crippen LogP) is 4.76. The van der Waals surface area contributed by atoms with E-state index in [2.05, 4.69) is 27.9 Å². The highest BCUT2D eigenvalue weighted by Crippen LogP contribution is 2.29. The maximum atomic E-state index is 12.2. The van der Waals surface area contributed by atoms with Crippen LogP contribution in [-0.4, -0.2) is 10.8 Å². The van der Waals surface area contributed by atoms with Gasteiger partial charge in [0, 0.05) is 9.64 Å². The summed E-state index contributed by atoms with van der Waals surface area (Å²) in [5.41, 5.74) is 0.100. The van der Waals surface area contributed by atoms with E-state index in [4.69, 9.17) is 23.2 Å². The fourth-order valence-electron chi connectivity index (χ4n) is 1.62. The number of hydrogen-bond acceptors (Lipinski definition) is 3. The first-order chi connectivity index (χ1) is 9.90. The number of amides is 1. The molecule has 108 valence electrons. The molecule has 0 bridgehead atoms. The summed E-state index contributed by atoms with van der Waals surface area (Å²) >= 11 is 14.0. The van der Waals surface area contributed by atoms with Crippen molar-refractivity contribution in [3.8, 4) is 0 Å². The third-order valence-electron chi connectivity index (χ3n) is 2.60. The number of halogens is 3. The SMILES string of the molecule is O=C(Nc1ccc(I)cc1Cl)c1cccc([N+](=O)[O-])c1Cl. The Morgan fingerprint density at radius 2 is 1.95 bits per heavy atom. The molecule has 2 rings (SSSR count). The van der Waals surface area contributed by atoms with E-state index in [-0.39, 0.29) is 16.3 Å². The Balaban J connectivity index is 2.33. The van der Waals surface area contributed by atoms with Crippen LogP contribution in [0.15, 0.2) is 36.4 Å². The average Bonchev–Trinajstić information content (AvgIpc) is 2.41. The second kappa shape index (κ2) is 6.59. The molecule has 1 N–H and O–H groups in total. The second-order valence-corrected chi connectivity index (χ2v) is 6.00. The minimum absolute atomic E-state index is 0.0143. The summed E-state index contributed by atoms with van der Waals surface area (Å²) in [5, 5.41) is 13.6. The molecule has 2 aromatic carbocycles. The molecule has 0 saturated heterocycles. The van der Waals surface area contributed by atoms with Crippen molar-refractivity contribution in [3.05, 3.63) is 65.7 Å². The molecule has 0 aliphatic heterocycles. The summed E-state index contributed by atoms with van der Waals surface area (Å²) in [4.78, 5) is 22.3. The minimum atomic E-state index is -0.642. The van der Waals surface area contributed by atoms with Crippen LogP contribution in [0.25, 0.3) is 0 Å². The number of nitrogens with one attached hydrogen (secondary N) is 1. The number of nitrogens with zero attached hydrogens (tertiary/aromatic N) is 1. The van der Waals surface area contributed by atoms with Crippen molar-refractivity contribution in [1.29, 1.82) is 0 Å². The van der Waals surface area contributed by atoms with Gasteiger partial charge in [-0.25, -0.2) is 0 Å². The lowest BCUT2D eigenvalue weighted by molar-refractivity contribution is -0.384. The van der Waals surface area contributed by atoms with E-state index in [9.17, 15) is 14.9 Å². The number of nitro groups is 1. The van der Waals surface area contributed by atoms with Crippen LogP contribution in [0.4, 0.5) is 11.4 Å². The number of rotatable bonds is 3. The fourth-order valence-corrected chi connectivity index (χ4v) is 2.80. The van der Waals surface area contributed by atoms with Crippen molar-refractivity contribution in [1.82, 2.24) is 0 Å². The topological polar surface area (TPSA) is 72.2 Å². The Hall–Kier alpha value is -1.38. The highest BCUT2D eigenvalue weighted by Gasteiger charge is 2.20. The molecule has 0 spiro atoms. The summed E-state index contributed by atoms with van der Waals surface area (Å²) < 4.78 is 0.920. The van der Waals surface area contributed by atoms with Gasteiger partial charge in [0.05, 0.1) is 21.2 Å². The maximum Gasteiger partial charge on any atom is 0.288 e. The van der Waals surface area contributed by atoms with Gasteiger partial charge in [0.25, 0.3) is 11.6 Å². The molecule has 1 amide bonds. The van der Waals surface area contributed by atoms with Crippen molar-refractivity contribution < 1.29 is 9.72 Å². The van der Waals surface area contributed by atoms with E-state index in [1.807, 2.05) is 0 Å². The van der Waals surface area contributed by atoms with Crippen LogP contribution >= 0.6 is 45.8 Å². The van der Waals surface area contributed by atoms with E-state index in [0.29, 0.717) is 10.7 Å². The Morgan fingerprint density at radius 3 is 2.57 bits per heavy atom.